The van der Waals surface area contributed by atoms with Gasteiger partial charge in [0.15, 0.2) is 0 Å². The summed E-state index contributed by atoms with van der Waals surface area (Å²) in [5, 5.41) is 3.00. The van der Waals surface area contributed by atoms with E-state index in [0.717, 1.165) is 0 Å². The van der Waals surface area contributed by atoms with Crippen molar-refractivity contribution >= 4 is 23.2 Å². The van der Waals surface area contributed by atoms with E-state index in [4.69, 9.17) is 17.3 Å². The molecule has 78 valence electrons. The smallest absolute Gasteiger partial charge is 0.254 e. The van der Waals surface area contributed by atoms with Crippen LogP contribution in [-0.4, -0.2) is 12.5 Å². The third-order valence-corrected chi connectivity index (χ3v) is 2.14. The second kappa shape index (κ2) is 5.28. The van der Waals surface area contributed by atoms with E-state index in [1.165, 1.54) is 0 Å². The summed E-state index contributed by atoms with van der Waals surface area (Å²) in [6, 6.07) is 4.94. The number of nitrogen functional groups attached to an aromatic ring is 1. The Balaban J connectivity index is 2.81. The molecule has 0 saturated carbocycles. The van der Waals surface area contributed by atoms with Gasteiger partial charge in [0.05, 0.1) is 22.8 Å². The number of para-hydroxylation sites is 1. The lowest BCUT2D eigenvalue weighted by Crippen LogP contribution is -2.24. The third-order valence-electron chi connectivity index (χ3n) is 1.81. The van der Waals surface area contributed by atoms with Gasteiger partial charge in [-0.25, -0.2) is 0 Å². The Labute approximate surface area is 93.6 Å². The average Bonchev–Trinajstić information content (AvgIpc) is 2.22. The highest BCUT2D eigenvalue weighted by molar-refractivity contribution is 6.33. The van der Waals surface area contributed by atoms with Gasteiger partial charge in [-0.15, -0.1) is 5.92 Å². The van der Waals surface area contributed by atoms with Crippen molar-refractivity contribution in [1.82, 2.24) is 5.32 Å². The second-order valence-electron chi connectivity index (χ2n) is 2.81. The fraction of sp³-hybridized carbons (Fsp3) is 0.182. The van der Waals surface area contributed by atoms with Crippen LogP contribution >= 0.6 is 11.6 Å². The van der Waals surface area contributed by atoms with Crippen LogP contribution in [0.1, 0.15) is 17.3 Å². The van der Waals surface area contributed by atoms with Crippen LogP contribution in [0.5, 0.6) is 0 Å². The van der Waals surface area contributed by atoms with Crippen LogP contribution in [0, 0.1) is 11.8 Å². The summed E-state index contributed by atoms with van der Waals surface area (Å²) in [7, 11) is 0. The quantitative estimate of drug-likeness (QED) is 0.591. The molecule has 1 aromatic carbocycles. The van der Waals surface area contributed by atoms with Gasteiger partial charge in [-0.1, -0.05) is 23.6 Å². The molecular weight excluding hydrogens is 212 g/mol. The van der Waals surface area contributed by atoms with Crippen LogP contribution in [0.3, 0.4) is 0 Å². The van der Waals surface area contributed by atoms with E-state index in [1.54, 1.807) is 25.1 Å². The number of nitrogens with one attached hydrogen (secondary N) is 1. The summed E-state index contributed by atoms with van der Waals surface area (Å²) in [4.78, 5) is 11.6. The number of halogens is 1. The van der Waals surface area contributed by atoms with Crippen molar-refractivity contribution < 1.29 is 4.79 Å². The number of carbonyl (C=O) groups is 1. The van der Waals surface area contributed by atoms with E-state index in [1.807, 2.05) is 0 Å². The van der Waals surface area contributed by atoms with Crippen LogP contribution < -0.4 is 11.1 Å². The Bertz CT molecular complexity index is 432. The number of rotatable bonds is 2. The molecule has 0 aromatic heterocycles. The first kappa shape index (κ1) is 11.4. The maximum Gasteiger partial charge on any atom is 0.254 e. The van der Waals surface area contributed by atoms with E-state index in [2.05, 4.69) is 17.2 Å². The monoisotopic (exact) mass is 222 g/mol. The van der Waals surface area contributed by atoms with Gasteiger partial charge in [0.1, 0.15) is 0 Å². The number of hydrogen-bond acceptors (Lipinski definition) is 2. The van der Waals surface area contributed by atoms with Gasteiger partial charge < -0.3 is 11.1 Å². The van der Waals surface area contributed by atoms with E-state index >= 15 is 0 Å². The number of hydrogen-bond donors (Lipinski definition) is 2. The standard InChI is InChI=1S/C11H11ClN2O/c1-2-3-7-14-11(15)8-5-4-6-9(12)10(8)13/h4-6H,7,13H2,1H3,(H,14,15). The number of anilines is 1. The highest BCUT2D eigenvalue weighted by Crippen LogP contribution is 2.21. The van der Waals surface area contributed by atoms with Crippen LogP contribution in [0.25, 0.3) is 0 Å². The van der Waals surface area contributed by atoms with Gasteiger partial charge >= 0.3 is 0 Å². The van der Waals surface area contributed by atoms with Crippen LogP contribution in [0.4, 0.5) is 5.69 Å². The van der Waals surface area contributed by atoms with Crippen molar-refractivity contribution in [3.8, 4) is 11.8 Å². The van der Waals surface area contributed by atoms with Crippen LogP contribution in [-0.2, 0) is 0 Å². The fourth-order valence-electron chi connectivity index (χ4n) is 1.04. The minimum Gasteiger partial charge on any atom is -0.397 e. The van der Waals surface area contributed by atoms with Crippen LogP contribution in [0.15, 0.2) is 18.2 Å². The van der Waals surface area contributed by atoms with Gasteiger partial charge in [-0.3, -0.25) is 4.79 Å². The topological polar surface area (TPSA) is 55.1 Å². The molecule has 0 unspecified atom stereocenters. The molecule has 0 spiro atoms. The van der Waals surface area contributed by atoms with Crippen molar-refractivity contribution in [2.75, 3.05) is 12.3 Å². The lowest BCUT2D eigenvalue weighted by atomic mass is 10.1. The number of amides is 1. The summed E-state index contributed by atoms with van der Waals surface area (Å²) < 4.78 is 0. The van der Waals surface area contributed by atoms with Gasteiger partial charge in [0.2, 0.25) is 0 Å². The van der Waals surface area contributed by atoms with E-state index in [0.29, 0.717) is 22.8 Å². The molecule has 15 heavy (non-hydrogen) atoms. The number of nitrogens with two attached hydrogens (primary N) is 1. The van der Waals surface area contributed by atoms with Gasteiger partial charge in [-0.2, -0.15) is 0 Å². The predicted octanol–water partition coefficient (Wildman–Crippen LogP) is 1.68. The van der Waals surface area contributed by atoms with Crippen molar-refractivity contribution in [3.05, 3.63) is 28.8 Å². The minimum atomic E-state index is -0.266. The lowest BCUT2D eigenvalue weighted by Gasteiger charge is -2.05. The Hall–Kier alpha value is -1.66. The Morgan fingerprint density at radius 1 is 1.60 bits per heavy atom. The maximum atomic E-state index is 11.6. The van der Waals surface area contributed by atoms with Gasteiger partial charge in [0.25, 0.3) is 5.91 Å². The summed E-state index contributed by atoms with van der Waals surface area (Å²) in [6.45, 7) is 2.02. The lowest BCUT2D eigenvalue weighted by molar-refractivity contribution is 0.0959. The summed E-state index contributed by atoms with van der Waals surface area (Å²) in [5.74, 6) is 5.14. The Morgan fingerprint density at radius 2 is 2.33 bits per heavy atom. The zero-order chi connectivity index (χ0) is 11.3. The third kappa shape index (κ3) is 2.90. The van der Waals surface area contributed by atoms with Crippen molar-refractivity contribution in [1.29, 1.82) is 0 Å². The molecule has 0 heterocycles. The summed E-state index contributed by atoms with van der Waals surface area (Å²) >= 11 is 5.79. The first-order valence-electron chi connectivity index (χ1n) is 4.38. The molecule has 0 saturated heterocycles. The molecule has 0 atom stereocenters. The zero-order valence-corrected chi connectivity index (χ0v) is 9.06. The minimum absolute atomic E-state index is 0.266. The molecular formula is C11H11ClN2O. The molecule has 0 aliphatic heterocycles. The fourth-order valence-corrected chi connectivity index (χ4v) is 1.22. The molecule has 0 fully saturated rings. The van der Waals surface area contributed by atoms with E-state index in [9.17, 15) is 4.79 Å². The molecule has 0 radical (unpaired) electrons. The second-order valence-corrected chi connectivity index (χ2v) is 3.22. The normalized spacial score (nSPS) is 8.93. The summed E-state index contributed by atoms with van der Waals surface area (Å²) in [6.07, 6.45) is 0. The molecule has 3 N–H and O–H groups in total. The van der Waals surface area contributed by atoms with Crippen molar-refractivity contribution in [2.45, 2.75) is 6.92 Å². The average molecular weight is 223 g/mol. The number of benzene rings is 1. The van der Waals surface area contributed by atoms with Crippen molar-refractivity contribution in [3.63, 3.8) is 0 Å². The zero-order valence-electron chi connectivity index (χ0n) is 8.30. The number of carbonyl (C=O) groups excluding carboxylic acids is 1. The van der Waals surface area contributed by atoms with Gasteiger partial charge in [0, 0.05) is 0 Å². The first-order chi connectivity index (χ1) is 7.16. The molecule has 0 aliphatic rings. The molecule has 1 amide bonds. The highest BCUT2D eigenvalue weighted by Gasteiger charge is 2.10. The maximum absolute atomic E-state index is 11.6. The molecule has 1 rings (SSSR count). The predicted molar refractivity (Wildman–Crippen MR) is 61.6 cm³/mol. The molecule has 1 aromatic rings. The molecule has 0 bridgehead atoms. The molecule has 3 nitrogen and oxygen atoms in total. The first-order valence-corrected chi connectivity index (χ1v) is 4.76. The SMILES string of the molecule is CC#CCNC(=O)c1cccc(Cl)c1N. The largest absolute Gasteiger partial charge is 0.397 e. The molecule has 4 heteroatoms. The Kier molecular flexibility index (Phi) is 4.02. The molecule has 0 aliphatic carbocycles. The van der Waals surface area contributed by atoms with E-state index in [-0.39, 0.29) is 5.91 Å². The van der Waals surface area contributed by atoms with Gasteiger partial charge in [-0.05, 0) is 19.1 Å². The van der Waals surface area contributed by atoms with Crippen LogP contribution in [0.2, 0.25) is 5.02 Å². The summed E-state index contributed by atoms with van der Waals surface area (Å²) in [5.41, 5.74) is 6.33. The Morgan fingerprint density at radius 3 is 3.00 bits per heavy atom. The van der Waals surface area contributed by atoms with Crippen molar-refractivity contribution in [2.24, 2.45) is 0 Å². The highest BCUT2D eigenvalue weighted by atomic mass is 35.5. The van der Waals surface area contributed by atoms with E-state index < -0.39 is 0 Å².